The van der Waals surface area contributed by atoms with E-state index in [-0.39, 0.29) is 17.0 Å². The molecular weight excluding hydrogens is 474 g/mol. The van der Waals surface area contributed by atoms with Crippen LogP contribution < -0.4 is 0 Å². The fourth-order valence-corrected chi connectivity index (χ4v) is 4.36. The zero-order valence-corrected chi connectivity index (χ0v) is 19.9. The Kier molecular flexibility index (Phi) is 6.82. The lowest BCUT2D eigenvalue weighted by molar-refractivity contribution is -0.387. The number of hydrogen-bond acceptors (Lipinski definition) is 9. The van der Waals surface area contributed by atoms with Gasteiger partial charge in [0.15, 0.2) is 11.8 Å². The van der Waals surface area contributed by atoms with Gasteiger partial charge < -0.3 is 18.3 Å². The van der Waals surface area contributed by atoms with Crippen LogP contribution in [0, 0.1) is 24.0 Å². The van der Waals surface area contributed by atoms with Gasteiger partial charge in [0.05, 0.1) is 28.2 Å². The van der Waals surface area contributed by atoms with Crippen LogP contribution in [0.25, 0.3) is 0 Å². The second kappa shape index (κ2) is 9.97. The molecule has 35 heavy (non-hydrogen) atoms. The summed E-state index contributed by atoms with van der Waals surface area (Å²) in [5.74, 6) is -0.457. The molecule has 3 aromatic heterocycles. The van der Waals surface area contributed by atoms with Crippen LogP contribution in [-0.4, -0.2) is 42.6 Å². The number of nitrogens with zero attached hydrogens (tertiary/aromatic N) is 5. The van der Waals surface area contributed by atoms with Crippen LogP contribution in [0.2, 0.25) is 0 Å². The van der Waals surface area contributed by atoms with E-state index in [9.17, 15) is 19.7 Å². The molecule has 0 aliphatic heterocycles. The van der Waals surface area contributed by atoms with Crippen molar-refractivity contribution in [2.45, 2.75) is 30.4 Å². The average molecular weight is 496 g/mol. The molecule has 4 rings (SSSR count). The SMILES string of the molecule is Cc1cc(C(=O)COC(=O)c2ccc(Sc3nncn3C)c([N+](=O)[O-])c2)c(C)n1Cc1ccco1. The van der Waals surface area contributed by atoms with Gasteiger partial charge in [-0.1, -0.05) is 0 Å². The van der Waals surface area contributed by atoms with Crippen molar-refractivity contribution in [2.75, 3.05) is 6.61 Å². The zero-order chi connectivity index (χ0) is 25.1. The van der Waals surface area contributed by atoms with E-state index in [4.69, 9.17) is 9.15 Å². The third-order valence-electron chi connectivity index (χ3n) is 5.36. The highest BCUT2D eigenvalue weighted by Gasteiger charge is 2.22. The number of nitro groups is 1. The van der Waals surface area contributed by atoms with Crippen molar-refractivity contribution in [3.63, 3.8) is 0 Å². The van der Waals surface area contributed by atoms with Gasteiger partial charge in [0.1, 0.15) is 12.1 Å². The van der Waals surface area contributed by atoms with E-state index in [2.05, 4.69) is 10.2 Å². The quantitative estimate of drug-likeness (QED) is 0.146. The Morgan fingerprint density at radius 2 is 2.03 bits per heavy atom. The number of carbonyl (C=O) groups is 2. The van der Waals surface area contributed by atoms with Crippen molar-refractivity contribution in [1.82, 2.24) is 19.3 Å². The highest BCUT2D eigenvalue weighted by atomic mass is 32.2. The van der Waals surface area contributed by atoms with E-state index in [0.717, 1.165) is 35.0 Å². The monoisotopic (exact) mass is 495 g/mol. The summed E-state index contributed by atoms with van der Waals surface area (Å²) in [7, 11) is 1.71. The van der Waals surface area contributed by atoms with Crippen LogP contribution in [0.3, 0.4) is 0 Å². The molecule has 1 aromatic carbocycles. The molecule has 0 fully saturated rings. The molecule has 0 N–H and O–H groups in total. The lowest BCUT2D eigenvalue weighted by atomic mass is 10.1. The van der Waals surface area contributed by atoms with Crippen molar-refractivity contribution in [1.29, 1.82) is 0 Å². The van der Waals surface area contributed by atoms with E-state index in [1.807, 2.05) is 24.5 Å². The fourth-order valence-electron chi connectivity index (χ4n) is 3.51. The second-order valence-electron chi connectivity index (χ2n) is 7.72. The number of hydrogen-bond donors (Lipinski definition) is 0. The van der Waals surface area contributed by atoms with Gasteiger partial charge >= 0.3 is 5.97 Å². The molecule has 0 radical (unpaired) electrons. The first-order chi connectivity index (χ1) is 16.7. The fraction of sp³-hybridized carbons (Fsp3) is 0.217. The highest BCUT2D eigenvalue weighted by Crippen LogP contribution is 2.34. The van der Waals surface area contributed by atoms with Gasteiger partial charge in [-0.3, -0.25) is 14.9 Å². The average Bonchev–Trinajstić information content (AvgIpc) is 3.56. The zero-order valence-electron chi connectivity index (χ0n) is 19.1. The maximum Gasteiger partial charge on any atom is 0.338 e. The van der Waals surface area contributed by atoms with E-state index < -0.39 is 17.5 Å². The number of nitro benzene ring substituents is 1. The Bertz CT molecular complexity index is 1410. The molecule has 0 amide bonds. The van der Waals surface area contributed by atoms with Crippen LogP contribution in [0.15, 0.2) is 63.5 Å². The number of furan rings is 1. The van der Waals surface area contributed by atoms with Gasteiger partial charge in [-0.05, 0) is 55.9 Å². The summed E-state index contributed by atoms with van der Waals surface area (Å²) >= 11 is 1.05. The van der Waals surface area contributed by atoms with Gasteiger partial charge in [-0.15, -0.1) is 10.2 Å². The van der Waals surface area contributed by atoms with Gasteiger partial charge in [0, 0.05) is 30.1 Å². The molecule has 180 valence electrons. The van der Waals surface area contributed by atoms with Crippen molar-refractivity contribution in [2.24, 2.45) is 7.05 Å². The van der Waals surface area contributed by atoms with Crippen LogP contribution in [0.4, 0.5) is 5.69 Å². The number of esters is 1. The van der Waals surface area contributed by atoms with E-state index in [1.165, 1.54) is 18.5 Å². The molecule has 0 atom stereocenters. The minimum Gasteiger partial charge on any atom is -0.467 e. The first-order valence-electron chi connectivity index (χ1n) is 10.4. The maximum absolute atomic E-state index is 12.8. The molecule has 0 saturated carbocycles. The highest BCUT2D eigenvalue weighted by molar-refractivity contribution is 7.99. The smallest absolute Gasteiger partial charge is 0.338 e. The van der Waals surface area contributed by atoms with E-state index >= 15 is 0 Å². The van der Waals surface area contributed by atoms with E-state index in [0.29, 0.717) is 22.2 Å². The van der Waals surface area contributed by atoms with E-state index in [1.54, 1.807) is 30.0 Å². The largest absolute Gasteiger partial charge is 0.467 e. The second-order valence-corrected chi connectivity index (χ2v) is 8.72. The van der Waals surface area contributed by atoms with Crippen molar-refractivity contribution < 1.29 is 23.7 Å². The number of aromatic nitrogens is 4. The Hall–Kier alpha value is -4.19. The molecule has 12 heteroatoms. The Morgan fingerprint density at radius 1 is 1.23 bits per heavy atom. The number of ether oxygens (including phenoxy) is 1. The number of rotatable bonds is 9. The van der Waals surface area contributed by atoms with Crippen molar-refractivity contribution in [3.8, 4) is 0 Å². The summed E-state index contributed by atoms with van der Waals surface area (Å²) in [6.45, 7) is 3.66. The third-order valence-corrected chi connectivity index (χ3v) is 6.48. The van der Waals surface area contributed by atoms with Crippen molar-refractivity contribution >= 4 is 29.2 Å². The maximum atomic E-state index is 12.8. The van der Waals surface area contributed by atoms with Crippen LogP contribution in [-0.2, 0) is 18.3 Å². The minimum atomic E-state index is -0.832. The first kappa shape index (κ1) is 24.0. The normalized spacial score (nSPS) is 10.9. The number of Topliss-reactive ketones (excluding diaryl/α,β-unsaturated/α-hetero) is 1. The molecule has 0 aliphatic carbocycles. The van der Waals surface area contributed by atoms with Crippen molar-refractivity contribution in [3.05, 3.63) is 87.4 Å². The molecule has 0 saturated heterocycles. The minimum absolute atomic E-state index is 0.0323. The van der Waals surface area contributed by atoms with Crippen LogP contribution >= 0.6 is 11.8 Å². The summed E-state index contributed by atoms with van der Waals surface area (Å²) in [5.41, 5.74) is 1.71. The molecule has 0 aliphatic rings. The summed E-state index contributed by atoms with van der Waals surface area (Å²) in [4.78, 5) is 36.6. The Balaban J connectivity index is 1.45. The standard InChI is InChI=1S/C23H21N5O6S/c1-14-9-18(15(2)27(14)11-17-5-4-8-33-17)20(29)12-34-22(30)16-6-7-21(19(10-16)28(31)32)35-23-25-24-13-26(23)3/h4-10,13H,11-12H2,1-3H3. The van der Waals surface area contributed by atoms with Crippen LogP contribution in [0.5, 0.6) is 0 Å². The Labute approximate surface area is 203 Å². The summed E-state index contributed by atoms with van der Waals surface area (Å²) in [5, 5.41) is 19.7. The van der Waals surface area contributed by atoms with Gasteiger partial charge in [0.25, 0.3) is 5.69 Å². The molecule has 0 spiro atoms. The third kappa shape index (κ3) is 5.17. The summed E-state index contributed by atoms with van der Waals surface area (Å²) < 4.78 is 14.1. The molecule has 0 bridgehead atoms. The van der Waals surface area contributed by atoms with Gasteiger partial charge in [-0.2, -0.15) is 0 Å². The molecule has 3 heterocycles. The lowest BCUT2D eigenvalue weighted by Gasteiger charge is -2.08. The predicted molar refractivity (Wildman–Crippen MR) is 125 cm³/mol. The molecule has 0 unspecified atom stereocenters. The summed E-state index contributed by atoms with van der Waals surface area (Å²) in [6.07, 6.45) is 3.06. The Morgan fingerprint density at radius 3 is 2.69 bits per heavy atom. The molecule has 11 nitrogen and oxygen atoms in total. The number of ketones is 1. The molecular formula is C23H21N5O6S. The first-order valence-corrected chi connectivity index (χ1v) is 11.3. The number of aryl methyl sites for hydroxylation is 2. The van der Waals surface area contributed by atoms with Gasteiger partial charge in [0.2, 0.25) is 5.78 Å². The molecule has 4 aromatic rings. The summed E-state index contributed by atoms with van der Waals surface area (Å²) in [6, 6.07) is 9.35. The number of benzene rings is 1. The van der Waals surface area contributed by atoms with Crippen LogP contribution in [0.1, 0.15) is 37.9 Å². The lowest BCUT2D eigenvalue weighted by Crippen LogP contribution is -2.15. The number of carbonyl (C=O) groups excluding carboxylic acids is 2. The van der Waals surface area contributed by atoms with Gasteiger partial charge in [-0.25, -0.2) is 4.79 Å². The topological polar surface area (TPSA) is 135 Å². The predicted octanol–water partition coefficient (Wildman–Crippen LogP) is 3.97.